The topological polar surface area (TPSA) is 97.3 Å². The molecular weight excluding hydrogens is 334 g/mol. The number of aromatic nitrogens is 4. The maximum Gasteiger partial charge on any atom is 0.276 e. The molecule has 0 aromatic carbocycles. The van der Waals surface area contributed by atoms with Crippen LogP contribution in [0.15, 0.2) is 16.8 Å². The Labute approximate surface area is 152 Å². The first-order chi connectivity index (χ1) is 12.7. The lowest BCUT2D eigenvalue weighted by atomic mass is 9.83. The highest BCUT2D eigenvalue weighted by molar-refractivity contribution is 5.92. The molecule has 1 N–H and O–H groups in total. The number of hydrogen-bond donors (Lipinski definition) is 1. The molecule has 0 radical (unpaired) electrons. The molecule has 8 nitrogen and oxygen atoms in total. The molecule has 2 fully saturated rings. The van der Waals surface area contributed by atoms with Gasteiger partial charge in [-0.15, -0.1) is 5.10 Å². The predicted octanol–water partition coefficient (Wildman–Crippen LogP) is 1.93. The minimum Gasteiger partial charge on any atom is -0.394 e. The minimum absolute atomic E-state index is 0.0470. The zero-order valence-corrected chi connectivity index (χ0v) is 15.0. The molecule has 4 rings (SSSR count). The van der Waals surface area contributed by atoms with Gasteiger partial charge in [0.1, 0.15) is 5.76 Å². The van der Waals surface area contributed by atoms with Crippen LogP contribution in [0, 0.1) is 0 Å². The van der Waals surface area contributed by atoms with Gasteiger partial charge in [-0.2, -0.15) is 0 Å². The van der Waals surface area contributed by atoms with E-state index in [9.17, 15) is 4.79 Å². The van der Waals surface area contributed by atoms with Crippen molar-refractivity contribution in [3.05, 3.63) is 29.4 Å². The van der Waals surface area contributed by atoms with Crippen LogP contribution in [-0.2, 0) is 6.54 Å². The van der Waals surface area contributed by atoms with Crippen LogP contribution in [0.25, 0.3) is 0 Å². The van der Waals surface area contributed by atoms with Crippen LogP contribution < -0.4 is 0 Å². The summed E-state index contributed by atoms with van der Waals surface area (Å²) in [5.41, 5.74) is 1.36. The van der Waals surface area contributed by atoms with Crippen molar-refractivity contribution in [3.8, 4) is 0 Å². The standard InChI is InChI=1S/C18H25N5O3/c1-12-9-14(16-11-22(7-8-24)21-19-16)5-6-23(12)18(25)15-10-17(26-20-15)13-3-2-4-13/h10-14,24H,2-9H2,1H3. The predicted molar refractivity (Wildman–Crippen MR) is 92.7 cm³/mol. The van der Waals surface area contributed by atoms with Gasteiger partial charge in [0.2, 0.25) is 0 Å². The number of rotatable bonds is 5. The quantitative estimate of drug-likeness (QED) is 0.876. The van der Waals surface area contributed by atoms with E-state index in [1.807, 2.05) is 17.2 Å². The van der Waals surface area contributed by atoms with E-state index < -0.39 is 0 Å². The molecule has 140 valence electrons. The molecule has 2 aromatic rings. The van der Waals surface area contributed by atoms with Gasteiger partial charge < -0.3 is 14.5 Å². The zero-order valence-electron chi connectivity index (χ0n) is 15.0. The van der Waals surface area contributed by atoms with Crippen molar-refractivity contribution in [3.63, 3.8) is 0 Å². The summed E-state index contributed by atoms with van der Waals surface area (Å²) < 4.78 is 7.05. The van der Waals surface area contributed by atoms with E-state index >= 15 is 0 Å². The number of amides is 1. The molecule has 0 spiro atoms. The number of carbonyl (C=O) groups excluding carboxylic acids is 1. The van der Waals surface area contributed by atoms with Crippen LogP contribution in [0.5, 0.6) is 0 Å². The minimum atomic E-state index is -0.0470. The summed E-state index contributed by atoms with van der Waals surface area (Å²) in [6.07, 6.45) is 7.07. The first-order valence-electron chi connectivity index (χ1n) is 9.44. The third-order valence-electron chi connectivity index (χ3n) is 5.70. The largest absolute Gasteiger partial charge is 0.394 e. The number of hydrogen-bond acceptors (Lipinski definition) is 6. The molecular formula is C18H25N5O3. The molecule has 1 aliphatic heterocycles. The maximum absolute atomic E-state index is 12.8. The number of aliphatic hydroxyl groups excluding tert-OH is 1. The van der Waals surface area contributed by atoms with Crippen molar-refractivity contribution in [2.45, 2.75) is 63.5 Å². The summed E-state index contributed by atoms with van der Waals surface area (Å²) in [7, 11) is 0. The molecule has 2 aliphatic rings. The molecule has 3 heterocycles. The molecule has 8 heteroatoms. The Hall–Kier alpha value is -2.22. The third-order valence-corrected chi connectivity index (χ3v) is 5.70. The van der Waals surface area contributed by atoms with Crippen molar-refractivity contribution >= 4 is 5.91 Å². The van der Waals surface area contributed by atoms with Crippen LogP contribution in [0.1, 0.15) is 72.8 Å². The monoisotopic (exact) mass is 359 g/mol. The van der Waals surface area contributed by atoms with E-state index in [1.54, 1.807) is 4.68 Å². The highest BCUT2D eigenvalue weighted by Crippen LogP contribution is 2.37. The van der Waals surface area contributed by atoms with Gasteiger partial charge in [-0.1, -0.05) is 16.8 Å². The number of carbonyl (C=O) groups is 1. The first kappa shape index (κ1) is 17.2. The Morgan fingerprint density at radius 1 is 1.35 bits per heavy atom. The van der Waals surface area contributed by atoms with Gasteiger partial charge in [-0.25, -0.2) is 4.68 Å². The lowest BCUT2D eigenvalue weighted by molar-refractivity contribution is 0.0603. The fourth-order valence-electron chi connectivity index (χ4n) is 3.88. The normalized spacial score (nSPS) is 23.8. The number of likely N-dealkylation sites (tertiary alicyclic amines) is 1. The van der Waals surface area contributed by atoms with Gasteiger partial charge in [-0.3, -0.25) is 4.79 Å². The van der Waals surface area contributed by atoms with E-state index in [0.717, 1.165) is 37.1 Å². The van der Waals surface area contributed by atoms with E-state index in [2.05, 4.69) is 22.4 Å². The Balaban J connectivity index is 1.39. The number of aliphatic hydroxyl groups is 1. The Morgan fingerprint density at radius 3 is 2.88 bits per heavy atom. The van der Waals surface area contributed by atoms with Gasteiger partial charge in [-0.05, 0) is 32.6 Å². The van der Waals surface area contributed by atoms with E-state index in [1.165, 1.54) is 6.42 Å². The van der Waals surface area contributed by atoms with Crippen LogP contribution in [0.3, 0.4) is 0 Å². The summed E-state index contributed by atoms with van der Waals surface area (Å²) in [5.74, 6) is 1.52. The molecule has 1 saturated carbocycles. The molecule has 2 aromatic heterocycles. The second-order valence-electron chi connectivity index (χ2n) is 7.44. The fraction of sp³-hybridized carbons (Fsp3) is 0.667. The Morgan fingerprint density at radius 2 is 2.19 bits per heavy atom. The van der Waals surface area contributed by atoms with Crippen LogP contribution >= 0.6 is 0 Å². The highest BCUT2D eigenvalue weighted by Gasteiger charge is 2.33. The summed E-state index contributed by atoms with van der Waals surface area (Å²) in [6, 6.07) is 1.93. The summed E-state index contributed by atoms with van der Waals surface area (Å²) in [4.78, 5) is 14.7. The molecule has 1 aliphatic carbocycles. The summed E-state index contributed by atoms with van der Waals surface area (Å²) in [5, 5.41) is 21.3. The zero-order chi connectivity index (χ0) is 18.1. The van der Waals surface area contributed by atoms with Crippen molar-refractivity contribution < 1.29 is 14.4 Å². The van der Waals surface area contributed by atoms with Crippen LogP contribution in [-0.4, -0.2) is 55.3 Å². The smallest absolute Gasteiger partial charge is 0.276 e. The Kier molecular flexibility index (Phi) is 4.76. The second kappa shape index (κ2) is 7.19. The maximum atomic E-state index is 12.8. The van der Waals surface area contributed by atoms with Crippen molar-refractivity contribution in [2.24, 2.45) is 0 Å². The van der Waals surface area contributed by atoms with Crippen LogP contribution in [0.4, 0.5) is 0 Å². The highest BCUT2D eigenvalue weighted by atomic mass is 16.5. The molecule has 26 heavy (non-hydrogen) atoms. The number of nitrogens with zero attached hydrogens (tertiary/aromatic N) is 5. The third kappa shape index (κ3) is 3.25. The fourth-order valence-corrected chi connectivity index (χ4v) is 3.88. The molecule has 0 bridgehead atoms. The Bertz CT molecular complexity index is 766. The van der Waals surface area contributed by atoms with Crippen molar-refractivity contribution in [1.82, 2.24) is 25.1 Å². The summed E-state index contributed by atoms with van der Waals surface area (Å²) >= 11 is 0. The SMILES string of the molecule is CC1CC(c2cn(CCO)nn2)CCN1C(=O)c1cc(C2CCC2)on1. The van der Waals surface area contributed by atoms with Gasteiger partial charge >= 0.3 is 0 Å². The molecule has 2 unspecified atom stereocenters. The summed E-state index contributed by atoms with van der Waals surface area (Å²) in [6.45, 7) is 3.24. The van der Waals surface area contributed by atoms with Gasteiger partial charge in [0.05, 0.1) is 18.8 Å². The van der Waals surface area contributed by atoms with Crippen LogP contribution in [0.2, 0.25) is 0 Å². The van der Waals surface area contributed by atoms with E-state index in [-0.39, 0.29) is 24.5 Å². The lowest BCUT2D eigenvalue weighted by Crippen LogP contribution is -2.44. The number of piperidine rings is 1. The average molecular weight is 359 g/mol. The van der Waals surface area contributed by atoms with Crippen molar-refractivity contribution in [2.75, 3.05) is 13.2 Å². The first-order valence-corrected chi connectivity index (χ1v) is 9.44. The average Bonchev–Trinajstić information content (AvgIpc) is 3.23. The molecule has 1 saturated heterocycles. The van der Waals surface area contributed by atoms with Gasteiger partial charge in [0.15, 0.2) is 5.69 Å². The molecule has 1 amide bonds. The second-order valence-corrected chi connectivity index (χ2v) is 7.44. The lowest BCUT2D eigenvalue weighted by Gasteiger charge is -2.36. The van der Waals surface area contributed by atoms with Gasteiger partial charge in [0, 0.05) is 36.7 Å². The molecule has 2 atom stereocenters. The van der Waals surface area contributed by atoms with Crippen molar-refractivity contribution in [1.29, 1.82) is 0 Å². The van der Waals surface area contributed by atoms with E-state index in [0.29, 0.717) is 24.7 Å². The van der Waals surface area contributed by atoms with E-state index in [4.69, 9.17) is 9.63 Å². The van der Waals surface area contributed by atoms with Gasteiger partial charge in [0.25, 0.3) is 5.91 Å².